The van der Waals surface area contributed by atoms with E-state index in [1.165, 1.54) is 4.31 Å². The quantitative estimate of drug-likeness (QED) is 0.615. The van der Waals surface area contributed by atoms with E-state index in [-0.39, 0.29) is 36.5 Å². The van der Waals surface area contributed by atoms with Gasteiger partial charge in [0.25, 0.3) is 0 Å². The smallest absolute Gasteiger partial charge is 0.220 e. The molecule has 8 heteroatoms. The summed E-state index contributed by atoms with van der Waals surface area (Å²) in [5, 5.41) is 8.98. The van der Waals surface area contributed by atoms with Gasteiger partial charge >= 0.3 is 0 Å². The number of rotatable bonds is 4. The van der Waals surface area contributed by atoms with Crippen LogP contribution in [-0.2, 0) is 14.8 Å². The number of thiocarbonyl (C=S) groups is 1. The maximum Gasteiger partial charge on any atom is 0.220 e. The van der Waals surface area contributed by atoms with Crippen LogP contribution in [0.4, 0.5) is 0 Å². The minimum atomic E-state index is -3.48. The minimum absolute atomic E-state index is 0.0558. The summed E-state index contributed by atoms with van der Waals surface area (Å²) in [6.45, 7) is 1.96. The van der Waals surface area contributed by atoms with Crippen LogP contribution in [-0.4, -0.2) is 60.5 Å². The second-order valence-corrected chi connectivity index (χ2v) is 6.28. The molecule has 6 nitrogen and oxygen atoms in total. The number of aliphatic hydroxyl groups excluding tert-OH is 1. The van der Waals surface area contributed by atoms with Crippen molar-refractivity contribution >= 4 is 27.2 Å². The van der Waals surface area contributed by atoms with Gasteiger partial charge in [0, 0.05) is 13.1 Å². The predicted octanol–water partition coefficient (Wildman–Crippen LogP) is -1.32. The van der Waals surface area contributed by atoms with E-state index >= 15 is 0 Å². The van der Waals surface area contributed by atoms with Gasteiger partial charge in [0.2, 0.25) is 10.0 Å². The van der Waals surface area contributed by atoms with E-state index in [1.54, 1.807) is 6.92 Å². The fourth-order valence-electron chi connectivity index (χ4n) is 1.60. The molecule has 1 rings (SSSR count). The first kappa shape index (κ1) is 13.8. The highest BCUT2D eigenvalue weighted by atomic mass is 32.2. The molecule has 16 heavy (non-hydrogen) atoms. The van der Waals surface area contributed by atoms with Crippen molar-refractivity contribution in [1.29, 1.82) is 0 Å². The summed E-state index contributed by atoms with van der Waals surface area (Å²) in [7, 11) is -3.48. The Labute approximate surface area is 100 Å². The summed E-state index contributed by atoms with van der Waals surface area (Å²) in [5.74, 6) is -0.340. The Hall–Kier alpha value is -0.280. The van der Waals surface area contributed by atoms with E-state index in [0.717, 1.165) is 0 Å². The summed E-state index contributed by atoms with van der Waals surface area (Å²) in [6.07, 6.45) is -0.725. The lowest BCUT2D eigenvalue weighted by Crippen LogP contribution is -2.51. The Kier molecular flexibility index (Phi) is 4.62. The molecule has 0 spiro atoms. The van der Waals surface area contributed by atoms with Crippen LogP contribution in [0.2, 0.25) is 0 Å². The Morgan fingerprint density at radius 2 is 2.25 bits per heavy atom. The molecule has 94 valence electrons. The van der Waals surface area contributed by atoms with Crippen LogP contribution in [0.25, 0.3) is 0 Å². The summed E-state index contributed by atoms with van der Waals surface area (Å²) in [6, 6.07) is 0. The minimum Gasteiger partial charge on any atom is -0.394 e. The fourth-order valence-corrected chi connectivity index (χ4v) is 3.42. The number of nitrogens with zero attached hydrogens (tertiary/aromatic N) is 1. The molecule has 2 atom stereocenters. The maximum atomic E-state index is 11.8. The van der Waals surface area contributed by atoms with Gasteiger partial charge in [-0.15, -0.1) is 0 Å². The van der Waals surface area contributed by atoms with Crippen molar-refractivity contribution in [2.75, 3.05) is 25.4 Å². The van der Waals surface area contributed by atoms with E-state index in [2.05, 4.69) is 12.2 Å². The number of sulfonamides is 1. The Balaban J connectivity index is 2.75. The molecule has 1 fully saturated rings. The molecule has 3 N–H and O–H groups in total. The Morgan fingerprint density at radius 1 is 1.62 bits per heavy atom. The zero-order chi connectivity index (χ0) is 12.3. The van der Waals surface area contributed by atoms with Crippen molar-refractivity contribution in [3.05, 3.63) is 0 Å². The highest BCUT2D eigenvalue weighted by Crippen LogP contribution is 2.14. The average Bonchev–Trinajstić information content (AvgIpc) is 2.14. The lowest BCUT2D eigenvalue weighted by molar-refractivity contribution is -0.0749. The van der Waals surface area contributed by atoms with Crippen molar-refractivity contribution in [2.45, 2.75) is 19.1 Å². The third-order valence-corrected chi connectivity index (χ3v) is 4.30. The topological polar surface area (TPSA) is 92.9 Å². The molecule has 0 radical (unpaired) electrons. The van der Waals surface area contributed by atoms with Gasteiger partial charge in [-0.2, -0.15) is 4.31 Å². The van der Waals surface area contributed by atoms with Gasteiger partial charge in [0.05, 0.1) is 23.8 Å². The maximum absolute atomic E-state index is 11.8. The van der Waals surface area contributed by atoms with Crippen LogP contribution in [0.1, 0.15) is 6.92 Å². The summed E-state index contributed by atoms with van der Waals surface area (Å²) < 4.78 is 30.3. The third kappa shape index (κ3) is 3.63. The van der Waals surface area contributed by atoms with Crippen LogP contribution < -0.4 is 5.73 Å². The highest BCUT2D eigenvalue weighted by Gasteiger charge is 2.32. The predicted molar refractivity (Wildman–Crippen MR) is 63.6 cm³/mol. The SMILES string of the molecule is CC1CN(S(=O)(=O)CC(N)=S)CC(CO)O1. The number of hydrogen-bond acceptors (Lipinski definition) is 5. The number of morpholine rings is 1. The molecule has 0 bridgehead atoms. The first-order valence-corrected chi connectivity index (χ1v) is 6.89. The van der Waals surface area contributed by atoms with Crippen molar-refractivity contribution in [3.63, 3.8) is 0 Å². The van der Waals surface area contributed by atoms with E-state index in [1.807, 2.05) is 0 Å². The van der Waals surface area contributed by atoms with E-state index in [9.17, 15) is 8.42 Å². The van der Waals surface area contributed by atoms with Crippen LogP contribution in [0.5, 0.6) is 0 Å². The fraction of sp³-hybridized carbons (Fsp3) is 0.875. The molecule has 0 amide bonds. The number of hydrogen-bond donors (Lipinski definition) is 2. The normalized spacial score (nSPS) is 27.9. The molecule has 1 aliphatic rings. The molecule has 0 aliphatic carbocycles. The molecule has 0 aromatic carbocycles. The zero-order valence-corrected chi connectivity index (χ0v) is 10.6. The molecule has 1 heterocycles. The van der Waals surface area contributed by atoms with Crippen molar-refractivity contribution in [1.82, 2.24) is 4.31 Å². The molecule has 2 unspecified atom stereocenters. The van der Waals surface area contributed by atoms with E-state index in [4.69, 9.17) is 15.6 Å². The Bertz CT molecular complexity index is 357. The van der Waals surface area contributed by atoms with Crippen LogP contribution in [0, 0.1) is 0 Å². The summed E-state index contributed by atoms with van der Waals surface area (Å²) >= 11 is 4.59. The summed E-state index contributed by atoms with van der Waals surface area (Å²) in [4.78, 5) is -0.0558. The lowest BCUT2D eigenvalue weighted by atomic mass is 10.2. The number of ether oxygens (including phenoxy) is 1. The number of aliphatic hydroxyl groups is 1. The van der Waals surface area contributed by atoms with Crippen LogP contribution >= 0.6 is 12.2 Å². The standard InChI is InChI=1S/C8H16N2O4S2/c1-6-2-10(3-7(4-11)14-6)16(12,13)5-8(9)15/h6-7,11H,2-5H2,1H3,(H2,9,15). The van der Waals surface area contributed by atoms with E-state index in [0.29, 0.717) is 0 Å². The van der Waals surface area contributed by atoms with Crippen molar-refractivity contribution < 1.29 is 18.3 Å². The molecule has 1 aliphatic heterocycles. The van der Waals surface area contributed by atoms with Crippen LogP contribution in [0.3, 0.4) is 0 Å². The first-order valence-electron chi connectivity index (χ1n) is 4.87. The second-order valence-electron chi connectivity index (χ2n) is 3.79. The molecule has 0 aromatic rings. The van der Waals surface area contributed by atoms with Gasteiger partial charge in [-0.05, 0) is 6.92 Å². The van der Waals surface area contributed by atoms with Crippen molar-refractivity contribution in [2.24, 2.45) is 5.73 Å². The van der Waals surface area contributed by atoms with Crippen LogP contribution in [0.15, 0.2) is 0 Å². The van der Waals surface area contributed by atoms with Crippen molar-refractivity contribution in [3.8, 4) is 0 Å². The highest BCUT2D eigenvalue weighted by molar-refractivity contribution is 7.92. The molecule has 1 saturated heterocycles. The average molecular weight is 268 g/mol. The third-order valence-electron chi connectivity index (χ3n) is 2.21. The van der Waals surface area contributed by atoms with Gasteiger partial charge in [-0.1, -0.05) is 12.2 Å². The van der Waals surface area contributed by atoms with E-state index < -0.39 is 16.1 Å². The molecule has 0 aromatic heterocycles. The van der Waals surface area contributed by atoms with Gasteiger partial charge in [-0.3, -0.25) is 0 Å². The molecule has 0 saturated carbocycles. The van der Waals surface area contributed by atoms with Gasteiger partial charge in [0.1, 0.15) is 5.75 Å². The summed E-state index contributed by atoms with van der Waals surface area (Å²) in [5.41, 5.74) is 5.23. The van der Waals surface area contributed by atoms with Gasteiger partial charge in [-0.25, -0.2) is 8.42 Å². The first-order chi connectivity index (χ1) is 7.35. The Morgan fingerprint density at radius 3 is 2.75 bits per heavy atom. The number of nitrogens with two attached hydrogens (primary N) is 1. The lowest BCUT2D eigenvalue weighted by Gasteiger charge is -2.35. The molecular weight excluding hydrogens is 252 g/mol. The monoisotopic (exact) mass is 268 g/mol. The largest absolute Gasteiger partial charge is 0.394 e. The van der Waals surface area contributed by atoms with Gasteiger partial charge in [0.15, 0.2) is 0 Å². The van der Waals surface area contributed by atoms with Gasteiger partial charge < -0.3 is 15.6 Å². The molecular formula is C8H16N2O4S2. The second kappa shape index (κ2) is 5.37. The zero-order valence-electron chi connectivity index (χ0n) is 9.00.